The maximum Gasteiger partial charge on any atom is 0.256 e. The first-order valence-electron chi connectivity index (χ1n) is 6.64. The van der Waals surface area contributed by atoms with Crippen molar-refractivity contribution >= 4 is 11.6 Å². The van der Waals surface area contributed by atoms with Crippen LogP contribution in [0.2, 0.25) is 0 Å². The minimum absolute atomic E-state index is 0.122. The van der Waals surface area contributed by atoms with Gasteiger partial charge in [0.25, 0.3) is 5.91 Å². The Balaban J connectivity index is 2.26. The van der Waals surface area contributed by atoms with Crippen LogP contribution in [0.25, 0.3) is 0 Å². The first-order chi connectivity index (χ1) is 9.49. The molecular formula is C17H19NO2. The minimum atomic E-state index is -0.549. The number of carbonyl (C=O) groups excluding carboxylic acids is 1. The third kappa shape index (κ3) is 3.06. The summed E-state index contributed by atoms with van der Waals surface area (Å²) < 4.78 is 0. The Labute approximate surface area is 119 Å². The second-order valence-corrected chi connectivity index (χ2v) is 5.02. The van der Waals surface area contributed by atoms with Gasteiger partial charge in [-0.15, -0.1) is 0 Å². The lowest BCUT2D eigenvalue weighted by molar-refractivity contribution is 0.102. The second kappa shape index (κ2) is 5.88. The molecule has 20 heavy (non-hydrogen) atoms. The van der Waals surface area contributed by atoms with Gasteiger partial charge in [-0.1, -0.05) is 30.3 Å². The molecule has 2 rings (SSSR count). The van der Waals surface area contributed by atoms with Gasteiger partial charge in [-0.05, 0) is 49.6 Å². The van der Waals surface area contributed by atoms with Crippen LogP contribution in [0.3, 0.4) is 0 Å². The molecule has 0 aromatic heterocycles. The summed E-state index contributed by atoms with van der Waals surface area (Å²) >= 11 is 0. The number of hydrogen-bond acceptors (Lipinski definition) is 2. The highest BCUT2D eigenvalue weighted by molar-refractivity contribution is 6.06. The van der Waals surface area contributed by atoms with Gasteiger partial charge in [0, 0.05) is 11.3 Å². The minimum Gasteiger partial charge on any atom is -0.389 e. The topological polar surface area (TPSA) is 49.3 Å². The van der Waals surface area contributed by atoms with Gasteiger partial charge in [-0.2, -0.15) is 0 Å². The molecule has 0 heterocycles. The van der Waals surface area contributed by atoms with E-state index in [1.807, 2.05) is 50.2 Å². The molecule has 0 aliphatic heterocycles. The SMILES string of the molecule is Cc1cccc(C)c1C(=O)Nc1cccc(C(C)O)c1. The molecule has 0 aliphatic rings. The number of aryl methyl sites for hydroxylation is 2. The first kappa shape index (κ1) is 14.3. The maximum absolute atomic E-state index is 12.4. The third-order valence-corrected chi connectivity index (χ3v) is 3.34. The van der Waals surface area contributed by atoms with Crippen LogP contribution in [0, 0.1) is 13.8 Å². The number of rotatable bonds is 3. The van der Waals surface area contributed by atoms with Crippen LogP contribution in [0.1, 0.15) is 40.1 Å². The van der Waals surface area contributed by atoms with Gasteiger partial charge < -0.3 is 10.4 Å². The van der Waals surface area contributed by atoms with Gasteiger partial charge >= 0.3 is 0 Å². The van der Waals surface area contributed by atoms with Crippen molar-refractivity contribution in [2.24, 2.45) is 0 Å². The number of aliphatic hydroxyl groups excluding tert-OH is 1. The summed E-state index contributed by atoms with van der Waals surface area (Å²) in [4.78, 5) is 12.4. The molecule has 0 radical (unpaired) electrons. The number of hydrogen-bond donors (Lipinski definition) is 2. The molecule has 0 aliphatic carbocycles. The predicted octanol–water partition coefficient (Wildman–Crippen LogP) is 3.61. The lowest BCUT2D eigenvalue weighted by atomic mass is 10.0. The summed E-state index contributed by atoms with van der Waals surface area (Å²) in [6, 6.07) is 13.0. The molecule has 0 fully saturated rings. The van der Waals surface area contributed by atoms with Crippen LogP contribution in [-0.4, -0.2) is 11.0 Å². The molecule has 2 aromatic carbocycles. The van der Waals surface area contributed by atoms with Crippen molar-refractivity contribution < 1.29 is 9.90 Å². The summed E-state index contributed by atoms with van der Waals surface area (Å²) in [5.74, 6) is -0.122. The number of nitrogens with one attached hydrogen (secondary N) is 1. The van der Waals surface area contributed by atoms with Gasteiger partial charge in [0.05, 0.1) is 6.10 Å². The summed E-state index contributed by atoms with van der Waals surface area (Å²) in [5.41, 5.74) is 4.08. The number of anilines is 1. The van der Waals surface area contributed by atoms with E-state index >= 15 is 0 Å². The lowest BCUT2D eigenvalue weighted by Gasteiger charge is -2.12. The van der Waals surface area contributed by atoms with E-state index in [9.17, 15) is 9.90 Å². The monoisotopic (exact) mass is 269 g/mol. The fraction of sp³-hybridized carbons (Fsp3) is 0.235. The Morgan fingerprint density at radius 1 is 1.10 bits per heavy atom. The van der Waals surface area contributed by atoms with Crippen LogP contribution < -0.4 is 5.32 Å². The molecule has 1 unspecified atom stereocenters. The Kier molecular flexibility index (Phi) is 4.20. The number of amides is 1. The first-order valence-corrected chi connectivity index (χ1v) is 6.64. The van der Waals surface area contributed by atoms with E-state index in [-0.39, 0.29) is 5.91 Å². The highest BCUT2D eigenvalue weighted by Gasteiger charge is 2.12. The number of benzene rings is 2. The van der Waals surface area contributed by atoms with Crippen molar-refractivity contribution in [3.05, 3.63) is 64.7 Å². The normalized spacial score (nSPS) is 12.0. The van der Waals surface area contributed by atoms with Crippen molar-refractivity contribution in [3.8, 4) is 0 Å². The zero-order chi connectivity index (χ0) is 14.7. The van der Waals surface area contributed by atoms with Crippen LogP contribution in [-0.2, 0) is 0 Å². The summed E-state index contributed by atoms with van der Waals surface area (Å²) in [6.07, 6.45) is -0.549. The highest BCUT2D eigenvalue weighted by Crippen LogP contribution is 2.19. The molecule has 0 saturated carbocycles. The molecule has 1 atom stereocenters. The van der Waals surface area contributed by atoms with E-state index in [2.05, 4.69) is 5.32 Å². The summed E-state index contributed by atoms with van der Waals surface area (Å²) in [7, 11) is 0. The van der Waals surface area contributed by atoms with E-state index in [1.54, 1.807) is 13.0 Å². The van der Waals surface area contributed by atoms with Gasteiger partial charge in [0.2, 0.25) is 0 Å². The van der Waals surface area contributed by atoms with Crippen LogP contribution in [0.15, 0.2) is 42.5 Å². The summed E-state index contributed by atoms with van der Waals surface area (Å²) in [6.45, 7) is 5.55. The zero-order valence-corrected chi connectivity index (χ0v) is 12.0. The fourth-order valence-corrected chi connectivity index (χ4v) is 2.24. The molecule has 3 nitrogen and oxygen atoms in total. The molecule has 1 amide bonds. The highest BCUT2D eigenvalue weighted by atomic mass is 16.3. The Morgan fingerprint density at radius 2 is 1.70 bits per heavy atom. The maximum atomic E-state index is 12.4. The Morgan fingerprint density at radius 3 is 2.30 bits per heavy atom. The Bertz CT molecular complexity index is 612. The third-order valence-electron chi connectivity index (χ3n) is 3.34. The van der Waals surface area contributed by atoms with Gasteiger partial charge in [-0.3, -0.25) is 4.79 Å². The van der Waals surface area contributed by atoms with Crippen molar-refractivity contribution in [1.29, 1.82) is 0 Å². The van der Waals surface area contributed by atoms with Gasteiger partial charge in [0.1, 0.15) is 0 Å². The fourth-order valence-electron chi connectivity index (χ4n) is 2.24. The largest absolute Gasteiger partial charge is 0.389 e. The van der Waals surface area contributed by atoms with E-state index in [4.69, 9.17) is 0 Å². The molecule has 0 bridgehead atoms. The lowest BCUT2D eigenvalue weighted by Crippen LogP contribution is -2.15. The Hall–Kier alpha value is -2.13. The van der Waals surface area contributed by atoms with Gasteiger partial charge in [0.15, 0.2) is 0 Å². The average Bonchev–Trinajstić information content (AvgIpc) is 2.38. The molecule has 104 valence electrons. The van der Waals surface area contributed by atoms with Crippen molar-refractivity contribution in [1.82, 2.24) is 0 Å². The van der Waals surface area contributed by atoms with E-state index in [1.165, 1.54) is 0 Å². The van der Waals surface area contributed by atoms with E-state index in [0.717, 1.165) is 16.7 Å². The quantitative estimate of drug-likeness (QED) is 0.894. The van der Waals surface area contributed by atoms with Crippen molar-refractivity contribution in [3.63, 3.8) is 0 Å². The molecule has 0 saturated heterocycles. The van der Waals surface area contributed by atoms with Crippen molar-refractivity contribution in [2.45, 2.75) is 26.9 Å². The van der Waals surface area contributed by atoms with Crippen LogP contribution in [0.5, 0.6) is 0 Å². The standard InChI is InChI=1S/C17H19NO2/c1-11-6-4-7-12(2)16(11)17(20)18-15-9-5-8-14(10-15)13(3)19/h4-10,13,19H,1-3H3,(H,18,20). The summed E-state index contributed by atoms with van der Waals surface area (Å²) in [5, 5.41) is 12.5. The number of aliphatic hydroxyl groups is 1. The van der Waals surface area contributed by atoms with E-state index in [0.29, 0.717) is 11.3 Å². The molecule has 3 heteroatoms. The predicted molar refractivity (Wildman–Crippen MR) is 80.9 cm³/mol. The average molecular weight is 269 g/mol. The van der Waals surface area contributed by atoms with Crippen LogP contribution >= 0.6 is 0 Å². The van der Waals surface area contributed by atoms with Crippen molar-refractivity contribution in [2.75, 3.05) is 5.32 Å². The van der Waals surface area contributed by atoms with E-state index < -0.39 is 6.10 Å². The molecule has 0 spiro atoms. The molecular weight excluding hydrogens is 250 g/mol. The molecule has 2 N–H and O–H groups in total. The number of carbonyl (C=O) groups is 1. The second-order valence-electron chi connectivity index (χ2n) is 5.02. The van der Waals surface area contributed by atoms with Crippen LogP contribution in [0.4, 0.5) is 5.69 Å². The van der Waals surface area contributed by atoms with Gasteiger partial charge in [-0.25, -0.2) is 0 Å². The smallest absolute Gasteiger partial charge is 0.256 e. The zero-order valence-electron chi connectivity index (χ0n) is 12.0. The molecule has 2 aromatic rings.